The molecule has 0 saturated carbocycles. The van der Waals surface area contributed by atoms with E-state index in [9.17, 15) is 13.6 Å². The summed E-state index contributed by atoms with van der Waals surface area (Å²) in [4.78, 5) is 13.1. The predicted molar refractivity (Wildman–Crippen MR) is 87.4 cm³/mol. The van der Waals surface area contributed by atoms with Gasteiger partial charge in [0.25, 0.3) is 5.92 Å². The highest BCUT2D eigenvalue weighted by atomic mass is 19.3. The second-order valence-corrected chi connectivity index (χ2v) is 7.61. The van der Waals surface area contributed by atoms with E-state index in [4.69, 9.17) is 9.31 Å². The SMILES string of the molecule is CC1(C)OB(c2ccc(CC(=O)N3CC(F)(F)C3)cc2)OC1(C)C. The first kappa shape index (κ1) is 17.4. The molecule has 0 radical (unpaired) electrons. The number of nitrogens with zero attached hydrogens (tertiary/aromatic N) is 1. The van der Waals surface area contributed by atoms with Crippen LogP contribution in [0.4, 0.5) is 8.78 Å². The molecule has 130 valence electrons. The minimum Gasteiger partial charge on any atom is -0.399 e. The maximum atomic E-state index is 12.8. The number of halogens is 2. The summed E-state index contributed by atoms with van der Waals surface area (Å²) in [6, 6.07) is 7.34. The largest absolute Gasteiger partial charge is 0.494 e. The highest BCUT2D eigenvalue weighted by Gasteiger charge is 2.51. The zero-order chi connectivity index (χ0) is 17.8. The van der Waals surface area contributed by atoms with Crippen LogP contribution in [-0.4, -0.2) is 48.1 Å². The van der Waals surface area contributed by atoms with Crippen LogP contribution in [0.5, 0.6) is 0 Å². The molecule has 2 aliphatic heterocycles. The highest BCUT2D eigenvalue weighted by molar-refractivity contribution is 6.62. The smallest absolute Gasteiger partial charge is 0.399 e. The van der Waals surface area contributed by atoms with Crippen molar-refractivity contribution in [1.29, 1.82) is 0 Å². The number of amides is 1. The molecule has 3 rings (SSSR count). The molecule has 2 aliphatic rings. The van der Waals surface area contributed by atoms with Crippen LogP contribution >= 0.6 is 0 Å². The summed E-state index contributed by atoms with van der Waals surface area (Å²) in [6.07, 6.45) is 0.125. The van der Waals surface area contributed by atoms with Gasteiger partial charge in [0, 0.05) is 0 Å². The summed E-state index contributed by atoms with van der Waals surface area (Å²) < 4.78 is 37.6. The van der Waals surface area contributed by atoms with Crippen molar-refractivity contribution in [2.24, 2.45) is 0 Å². The van der Waals surface area contributed by atoms with Crippen molar-refractivity contribution >= 4 is 18.5 Å². The Morgan fingerprint density at radius 3 is 2.04 bits per heavy atom. The average molecular weight is 337 g/mol. The quantitative estimate of drug-likeness (QED) is 0.792. The van der Waals surface area contributed by atoms with Gasteiger partial charge in [-0.25, -0.2) is 8.78 Å². The Balaban J connectivity index is 1.61. The van der Waals surface area contributed by atoms with Gasteiger partial charge in [-0.2, -0.15) is 0 Å². The van der Waals surface area contributed by atoms with Gasteiger partial charge < -0.3 is 14.2 Å². The van der Waals surface area contributed by atoms with Crippen molar-refractivity contribution in [3.8, 4) is 0 Å². The molecule has 1 aromatic carbocycles. The van der Waals surface area contributed by atoms with Crippen LogP contribution in [0.2, 0.25) is 0 Å². The van der Waals surface area contributed by atoms with Crippen molar-refractivity contribution in [3.63, 3.8) is 0 Å². The zero-order valence-corrected chi connectivity index (χ0v) is 14.4. The third kappa shape index (κ3) is 3.19. The molecule has 4 nitrogen and oxygen atoms in total. The van der Waals surface area contributed by atoms with Crippen LogP contribution in [0.15, 0.2) is 24.3 Å². The standard InChI is InChI=1S/C17H22BF2NO3/c1-15(2)16(3,4)24-18(23-15)13-7-5-12(6-8-13)9-14(22)21-10-17(19,20)11-21/h5-8H,9-11H2,1-4H3. The Morgan fingerprint density at radius 1 is 1.08 bits per heavy atom. The van der Waals surface area contributed by atoms with Gasteiger partial charge in [-0.15, -0.1) is 0 Å². The molecule has 2 fully saturated rings. The number of rotatable bonds is 3. The Kier molecular flexibility index (Phi) is 4.00. The van der Waals surface area contributed by atoms with Crippen LogP contribution in [-0.2, 0) is 20.5 Å². The Bertz CT molecular complexity index is 622. The van der Waals surface area contributed by atoms with E-state index in [-0.39, 0.29) is 12.3 Å². The molecule has 0 aliphatic carbocycles. The van der Waals surface area contributed by atoms with Gasteiger partial charge in [0.1, 0.15) is 0 Å². The molecule has 1 amide bonds. The second-order valence-electron chi connectivity index (χ2n) is 7.61. The second kappa shape index (κ2) is 5.53. The normalized spacial score (nSPS) is 23.9. The first-order chi connectivity index (χ1) is 11.0. The van der Waals surface area contributed by atoms with Crippen molar-refractivity contribution in [1.82, 2.24) is 4.90 Å². The van der Waals surface area contributed by atoms with Crippen molar-refractivity contribution in [3.05, 3.63) is 29.8 Å². The minimum absolute atomic E-state index is 0.125. The molecule has 0 spiro atoms. The molecule has 7 heteroatoms. The molecular formula is C17H22BF2NO3. The van der Waals surface area contributed by atoms with Crippen molar-refractivity contribution < 1.29 is 22.9 Å². The van der Waals surface area contributed by atoms with E-state index in [0.29, 0.717) is 0 Å². The van der Waals surface area contributed by atoms with Gasteiger partial charge in [-0.05, 0) is 38.7 Å². The number of carbonyl (C=O) groups is 1. The summed E-state index contributed by atoms with van der Waals surface area (Å²) in [5, 5.41) is 0. The molecule has 2 heterocycles. The summed E-state index contributed by atoms with van der Waals surface area (Å²) in [5.74, 6) is -3.00. The number of likely N-dealkylation sites (tertiary alicyclic amines) is 1. The van der Waals surface area contributed by atoms with Gasteiger partial charge >= 0.3 is 7.12 Å². The molecule has 0 N–H and O–H groups in total. The van der Waals surface area contributed by atoms with E-state index in [1.54, 1.807) is 0 Å². The lowest BCUT2D eigenvalue weighted by molar-refractivity contribution is -0.165. The fourth-order valence-corrected chi connectivity index (χ4v) is 2.75. The predicted octanol–water partition coefficient (Wildman–Crippen LogP) is 2.01. The van der Waals surface area contributed by atoms with Crippen LogP contribution in [0, 0.1) is 0 Å². The molecule has 0 unspecified atom stereocenters. The number of hydrogen-bond donors (Lipinski definition) is 0. The molecule has 1 aromatic rings. The van der Waals surface area contributed by atoms with Crippen LogP contribution in [0.1, 0.15) is 33.3 Å². The third-order valence-corrected chi connectivity index (χ3v) is 5.06. The van der Waals surface area contributed by atoms with Gasteiger partial charge in [-0.1, -0.05) is 24.3 Å². The third-order valence-electron chi connectivity index (χ3n) is 5.06. The molecule has 2 saturated heterocycles. The minimum atomic E-state index is -2.73. The molecule has 0 bridgehead atoms. The summed E-state index contributed by atoms with van der Waals surface area (Å²) in [6.45, 7) is 7.01. The van der Waals surface area contributed by atoms with Crippen molar-refractivity contribution in [2.45, 2.75) is 51.2 Å². The number of benzene rings is 1. The van der Waals surface area contributed by atoms with Gasteiger partial charge in [0.2, 0.25) is 5.91 Å². The lowest BCUT2D eigenvalue weighted by atomic mass is 9.79. The summed E-state index contributed by atoms with van der Waals surface area (Å²) in [5.41, 5.74) is 0.847. The zero-order valence-electron chi connectivity index (χ0n) is 14.4. The Labute approximate surface area is 141 Å². The topological polar surface area (TPSA) is 38.8 Å². The van der Waals surface area contributed by atoms with Crippen LogP contribution in [0.25, 0.3) is 0 Å². The maximum absolute atomic E-state index is 12.8. The van der Waals surface area contributed by atoms with E-state index in [2.05, 4.69) is 0 Å². The van der Waals surface area contributed by atoms with E-state index in [1.807, 2.05) is 52.0 Å². The Hall–Kier alpha value is -1.47. The van der Waals surface area contributed by atoms with E-state index < -0.39 is 37.3 Å². The molecule has 0 aromatic heterocycles. The van der Waals surface area contributed by atoms with Gasteiger partial charge in [-0.3, -0.25) is 4.79 Å². The fourth-order valence-electron chi connectivity index (χ4n) is 2.75. The summed E-state index contributed by atoms with van der Waals surface area (Å²) >= 11 is 0. The lowest BCUT2D eigenvalue weighted by Crippen LogP contribution is -2.58. The van der Waals surface area contributed by atoms with Gasteiger partial charge in [0.05, 0.1) is 30.7 Å². The number of hydrogen-bond acceptors (Lipinski definition) is 3. The summed E-state index contributed by atoms with van der Waals surface area (Å²) in [7, 11) is -0.450. The highest BCUT2D eigenvalue weighted by Crippen LogP contribution is 2.36. The first-order valence-electron chi connectivity index (χ1n) is 8.09. The monoisotopic (exact) mass is 337 g/mol. The first-order valence-corrected chi connectivity index (χ1v) is 8.09. The van der Waals surface area contributed by atoms with Gasteiger partial charge in [0.15, 0.2) is 0 Å². The average Bonchev–Trinajstić information content (AvgIpc) is 2.65. The number of alkyl halides is 2. The molecular weight excluding hydrogens is 315 g/mol. The molecule has 0 atom stereocenters. The maximum Gasteiger partial charge on any atom is 0.494 e. The lowest BCUT2D eigenvalue weighted by Gasteiger charge is -2.38. The van der Waals surface area contributed by atoms with Crippen LogP contribution < -0.4 is 5.46 Å². The fraction of sp³-hybridized carbons (Fsp3) is 0.588. The number of carbonyl (C=O) groups excluding carboxylic acids is 1. The van der Waals surface area contributed by atoms with Crippen molar-refractivity contribution in [2.75, 3.05) is 13.1 Å². The van der Waals surface area contributed by atoms with E-state index >= 15 is 0 Å². The molecule has 24 heavy (non-hydrogen) atoms. The van der Waals surface area contributed by atoms with E-state index in [0.717, 1.165) is 11.0 Å². The Morgan fingerprint density at radius 2 is 1.58 bits per heavy atom. The van der Waals surface area contributed by atoms with Crippen LogP contribution in [0.3, 0.4) is 0 Å². The van der Waals surface area contributed by atoms with E-state index in [1.165, 1.54) is 4.90 Å².